The molecule has 8 nitrogen and oxygen atoms in total. The van der Waals surface area contributed by atoms with Gasteiger partial charge in [0.2, 0.25) is 0 Å². The van der Waals surface area contributed by atoms with Crippen molar-refractivity contribution in [1.29, 1.82) is 0 Å². The molecular formula is C40H67NO7. The molecule has 0 radical (unpaired) electrons. The van der Waals surface area contributed by atoms with Gasteiger partial charge in [0.15, 0.2) is 6.10 Å². The topological polar surface area (TPSA) is 102 Å². The molecule has 0 fully saturated rings. The van der Waals surface area contributed by atoms with E-state index in [0.717, 1.165) is 44.9 Å². The fraction of sp³-hybridized carbons (Fsp3) is 0.675. The van der Waals surface area contributed by atoms with Gasteiger partial charge in [0, 0.05) is 19.3 Å². The predicted octanol–water partition coefficient (Wildman–Crippen LogP) is 7.74. The van der Waals surface area contributed by atoms with Crippen LogP contribution in [0.5, 0.6) is 0 Å². The minimum Gasteiger partial charge on any atom is -0.544 e. The van der Waals surface area contributed by atoms with Crippen molar-refractivity contribution in [3.8, 4) is 0 Å². The Bertz CT molecular complexity index is 975. The highest BCUT2D eigenvalue weighted by Gasteiger charge is 2.25. The van der Waals surface area contributed by atoms with Crippen LogP contribution in [-0.2, 0) is 28.6 Å². The number of hydrogen-bond donors (Lipinski definition) is 0. The first-order valence-electron chi connectivity index (χ1n) is 18.4. The van der Waals surface area contributed by atoms with Crippen molar-refractivity contribution in [2.24, 2.45) is 0 Å². The number of carbonyl (C=O) groups is 3. The van der Waals surface area contributed by atoms with Gasteiger partial charge >= 0.3 is 11.9 Å². The first-order chi connectivity index (χ1) is 23.1. The molecule has 48 heavy (non-hydrogen) atoms. The normalized spacial score (nSPS) is 13.8. The third kappa shape index (κ3) is 29.2. The Labute approximate surface area is 292 Å². The number of carboxylic acid groups (broad SMARTS) is 1. The molecule has 0 aliphatic heterocycles. The molecular weight excluding hydrogens is 606 g/mol. The minimum atomic E-state index is -1.14. The van der Waals surface area contributed by atoms with Gasteiger partial charge in [0.1, 0.15) is 12.6 Å². The molecule has 0 aromatic rings. The lowest BCUT2D eigenvalue weighted by Crippen LogP contribution is -2.55. The second-order valence-electron chi connectivity index (χ2n) is 13.2. The number of nitrogens with zero attached hydrogens (tertiary/aromatic N) is 1. The molecule has 0 N–H and O–H groups in total. The van der Waals surface area contributed by atoms with Crippen LogP contribution in [-0.4, -0.2) is 75.5 Å². The first kappa shape index (κ1) is 45.0. The minimum absolute atomic E-state index is 0.0215. The number of allylic oxidation sites excluding steroid dienone is 10. The van der Waals surface area contributed by atoms with Crippen LogP contribution in [0.1, 0.15) is 123 Å². The zero-order chi connectivity index (χ0) is 35.7. The van der Waals surface area contributed by atoms with Crippen LogP contribution in [0.15, 0.2) is 60.8 Å². The van der Waals surface area contributed by atoms with Gasteiger partial charge in [-0.1, -0.05) is 132 Å². The Morgan fingerprint density at radius 1 is 0.646 bits per heavy atom. The van der Waals surface area contributed by atoms with Gasteiger partial charge in [0.25, 0.3) is 0 Å². The SMILES string of the molecule is CC/C=C/C=C/C=C/C=C/C=C/CCCCCC(=O)OC(COCCC(C(=O)[O-])[N+](C)(C)C)COC(=O)CCCCCCCCCCC. The van der Waals surface area contributed by atoms with E-state index in [4.69, 9.17) is 14.2 Å². The summed E-state index contributed by atoms with van der Waals surface area (Å²) in [5, 5.41) is 11.6. The van der Waals surface area contributed by atoms with Crippen molar-refractivity contribution in [2.75, 3.05) is 41.0 Å². The number of carboxylic acids is 1. The van der Waals surface area contributed by atoms with Crippen molar-refractivity contribution in [2.45, 2.75) is 135 Å². The van der Waals surface area contributed by atoms with E-state index in [1.54, 1.807) is 21.1 Å². The maximum Gasteiger partial charge on any atom is 0.306 e. The number of unbranched alkanes of at least 4 members (excludes halogenated alkanes) is 11. The highest BCUT2D eigenvalue weighted by Crippen LogP contribution is 2.12. The van der Waals surface area contributed by atoms with Crippen LogP contribution in [0.2, 0.25) is 0 Å². The van der Waals surface area contributed by atoms with E-state index in [-0.39, 0.29) is 49.1 Å². The Kier molecular flexibility index (Phi) is 29.4. The average Bonchev–Trinajstić information content (AvgIpc) is 3.03. The second-order valence-corrected chi connectivity index (χ2v) is 13.2. The van der Waals surface area contributed by atoms with Crippen molar-refractivity contribution >= 4 is 17.9 Å². The van der Waals surface area contributed by atoms with Crippen LogP contribution in [0, 0.1) is 0 Å². The number of ether oxygens (including phenoxy) is 3. The molecule has 0 bridgehead atoms. The highest BCUT2D eigenvalue weighted by molar-refractivity contribution is 5.70. The van der Waals surface area contributed by atoms with Crippen LogP contribution < -0.4 is 5.11 Å². The zero-order valence-electron chi connectivity index (χ0n) is 30.9. The number of quaternary nitrogens is 1. The molecule has 274 valence electrons. The Hall–Kier alpha value is -2.97. The largest absolute Gasteiger partial charge is 0.544 e. The number of aliphatic carboxylic acids is 1. The fourth-order valence-electron chi connectivity index (χ4n) is 4.91. The highest BCUT2D eigenvalue weighted by atomic mass is 16.6. The lowest BCUT2D eigenvalue weighted by atomic mass is 10.1. The molecule has 0 saturated heterocycles. The van der Waals surface area contributed by atoms with Gasteiger partial charge in [-0.05, 0) is 32.1 Å². The third-order valence-electron chi connectivity index (χ3n) is 7.80. The molecule has 0 aliphatic rings. The van der Waals surface area contributed by atoms with E-state index in [9.17, 15) is 19.5 Å². The fourth-order valence-corrected chi connectivity index (χ4v) is 4.91. The summed E-state index contributed by atoms with van der Waals surface area (Å²) in [5.74, 6) is -1.80. The summed E-state index contributed by atoms with van der Waals surface area (Å²) in [6.07, 6.45) is 35.3. The summed E-state index contributed by atoms with van der Waals surface area (Å²) in [7, 11) is 5.37. The molecule has 2 atom stereocenters. The standard InChI is InChI=1S/C40H67NO7/c1-6-8-10-12-14-16-17-18-19-20-21-23-25-27-29-31-39(43)48-36(34-46-33-32-37(40(44)45)41(3,4)5)35-47-38(42)30-28-26-24-22-15-13-11-9-7-2/h8,10,12,14,16-21,36-37H,6-7,9,11,13,15,22-35H2,1-5H3/b10-8+,14-12+,17-16+,19-18+,21-20+. The van der Waals surface area contributed by atoms with Crippen molar-refractivity contribution in [3.63, 3.8) is 0 Å². The van der Waals surface area contributed by atoms with E-state index in [0.29, 0.717) is 12.8 Å². The molecule has 0 rings (SSSR count). The maximum absolute atomic E-state index is 12.6. The van der Waals surface area contributed by atoms with Crippen molar-refractivity contribution < 1.29 is 38.2 Å². The molecule has 0 aliphatic carbocycles. The van der Waals surface area contributed by atoms with Crippen molar-refractivity contribution in [3.05, 3.63) is 60.8 Å². The number of carbonyl (C=O) groups excluding carboxylic acids is 3. The summed E-state index contributed by atoms with van der Waals surface area (Å²) >= 11 is 0. The molecule has 0 saturated carbocycles. The van der Waals surface area contributed by atoms with E-state index in [1.807, 2.05) is 48.6 Å². The molecule has 0 spiro atoms. The lowest BCUT2D eigenvalue weighted by molar-refractivity contribution is -0.889. The summed E-state index contributed by atoms with van der Waals surface area (Å²) in [5.41, 5.74) is 0. The van der Waals surface area contributed by atoms with Gasteiger partial charge in [-0.15, -0.1) is 0 Å². The molecule has 8 heteroatoms. The van der Waals surface area contributed by atoms with E-state index >= 15 is 0 Å². The van der Waals surface area contributed by atoms with Crippen LogP contribution in [0.4, 0.5) is 0 Å². The van der Waals surface area contributed by atoms with Gasteiger partial charge in [-0.25, -0.2) is 0 Å². The van der Waals surface area contributed by atoms with Gasteiger partial charge in [-0.3, -0.25) is 9.59 Å². The number of esters is 2. The molecule has 2 unspecified atom stereocenters. The maximum atomic E-state index is 12.6. The number of rotatable bonds is 31. The quantitative estimate of drug-likeness (QED) is 0.0321. The van der Waals surface area contributed by atoms with E-state index in [1.165, 1.54) is 38.5 Å². The molecule has 0 amide bonds. The Balaban J connectivity index is 4.55. The summed E-state index contributed by atoms with van der Waals surface area (Å²) in [6.45, 7) is 4.42. The first-order valence-corrected chi connectivity index (χ1v) is 18.4. The van der Waals surface area contributed by atoms with E-state index in [2.05, 4.69) is 26.0 Å². The smallest absolute Gasteiger partial charge is 0.306 e. The monoisotopic (exact) mass is 673 g/mol. The lowest BCUT2D eigenvalue weighted by Gasteiger charge is -2.34. The van der Waals surface area contributed by atoms with Crippen LogP contribution >= 0.6 is 0 Å². The second kappa shape index (κ2) is 31.3. The van der Waals surface area contributed by atoms with Gasteiger partial charge in [0.05, 0.1) is 40.3 Å². The molecule has 0 heterocycles. The zero-order valence-corrected chi connectivity index (χ0v) is 30.9. The molecule has 0 aromatic heterocycles. The van der Waals surface area contributed by atoms with Crippen LogP contribution in [0.3, 0.4) is 0 Å². The number of likely N-dealkylation sites (N-methyl/N-ethyl adjacent to an activating group) is 1. The van der Waals surface area contributed by atoms with Crippen LogP contribution in [0.25, 0.3) is 0 Å². The third-order valence-corrected chi connectivity index (χ3v) is 7.80. The van der Waals surface area contributed by atoms with Crippen molar-refractivity contribution in [1.82, 2.24) is 0 Å². The Morgan fingerprint density at radius 2 is 1.17 bits per heavy atom. The van der Waals surface area contributed by atoms with Gasteiger partial charge in [-0.2, -0.15) is 0 Å². The summed E-state index contributed by atoms with van der Waals surface area (Å²) in [4.78, 5) is 36.5. The predicted molar refractivity (Wildman–Crippen MR) is 194 cm³/mol. The Morgan fingerprint density at radius 3 is 1.73 bits per heavy atom. The molecule has 0 aromatic carbocycles. The average molecular weight is 674 g/mol. The number of hydrogen-bond acceptors (Lipinski definition) is 7. The summed E-state index contributed by atoms with van der Waals surface area (Å²) in [6, 6.07) is -0.733. The van der Waals surface area contributed by atoms with Gasteiger partial charge < -0.3 is 28.6 Å². The van der Waals surface area contributed by atoms with E-state index < -0.39 is 18.1 Å². The summed E-state index contributed by atoms with van der Waals surface area (Å²) < 4.78 is 17.0.